The molecule has 2 rings (SSSR count). The molecule has 1 N–H and O–H groups in total. The molecule has 0 aliphatic rings. The molecule has 112 valence electrons. The lowest BCUT2D eigenvalue weighted by Crippen LogP contribution is -2.20. The van der Waals surface area contributed by atoms with Crippen molar-refractivity contribution in [3.05, 3.63) is 17.3 Å². The van der Waals surface area contributed by atoms with E-state index in [4.69, 9.17) is 4.98 Å². The maximum Gasteiger partial charge on any atom is 0.194 e. The Labute approximate surface area is 129 Å². The Morgan fingerprint density at radius 2 is 2.25 bits per heavy atom. The molecule has 0 saturated heterocycles. The van der Waals surface area contributed by atoms with E-state index >= 15 is 0 Å². The van der Waals surface area contributed by atoms with Crippen LogP contribution in [0.15, 0.2) is 16.6 Å². The number of thioether (sulfide) groups is 1. The molecule has 0 amide bonds. The van der Waals surface area contributed by atoms with Crippen LogP contribution >= 0.6 is 23.1 Å². The highest BCUT2D eigenvalue weighted by Gasteiger charge is 2.13. The van der Waals surface area contributed by atoms with Crippen molar-refractivity contribution in [2.24, 2.45) is 5.92 Å². The minimum absolute atomic E-state index is 0.672. The van der Waals surface area contributed by atoms with E-state index in [1.54, 1.807) is 11.3 Å². The van der Waals surface area contributed by atoms with E-state index in [1.165, 1.54) is 10.7 Å². The zero-order valence-electron chi connectivity index (χ0n) is 12.7. The summed E-state index contributed by atoms with van der Waals surface area (Å²) < 4.78 is 2.22. The van der Waals surface area contributed by atoms with Gasteiger partial charge in [0, 0.05) is 30.4 Å². The molecule has 0 spiro atoms. The fourth-order valence-electron chi connectivity index (χ4n) is 1.89. The molecule has 0 aliphatic carbocycles. The van der Waals surface area contributed by atoms with Gasteiger partial charge in [0.05, 0.1) is 5.69 Å². The van der Waals surface area contributed by atoms with Crippen LogP contribution in [0.4, 0.5) is 0 Å². The molecule has 0 fully saturated rings. The van der Waals surface area contributed by atoms with Gasteiger partial charge >= 0.3 is 0 Å². The van der Waals surface area contributed by atoms with Crippen molar-refractivity contribution in [2.75, 3.05) is 32.9 Å². The predicted octanol–water partition coefficient (Wildman–Crippen LogP) is 2.80. The van der Waals surface area contributed by atoms with Crippen molar-refractivity contribution in [3.63, 3.8) is 0 Å². The average molecular weight is 313 g/mol. The normalized spacial score (nSPS) is 12.1. The van der Waals surface area contributed by atoms with Crippen LogP contribution in [0.3, 0.4) is 0 Å². The maximum atomic E-state index is 4.75. The van der Waals surface area contributed by atoms with Gasteiger partial charge in [0.1, 0.15) is 5.03 Å². The minimum atomic E-state index is 0.672. The highest BCUT2D eigenvalue weighted by molar-refractivity contribution is 7.99. The molecule has 0 bridgehead atoms. The molecule has 0 radical (unpaired) electrons. The minimum Gasteiger partial charge on any atom is -0.311 e. The number of hydrogen-bond donors (Lipinski definition) is 1. The number of thiazole rings is 1. The summed E-state index contributed by atoms with van der Waals surface area (Å²) in [5.74, 6) is 1.75. The summed E-state index contributed by atoms with van der Waals surface area (Å²) in [6.07, 6.45) is 2.12. The molecule has 2 heterocycles. The number of nitrogens with zero attached hydrogens (tertiary/aromatic N) is 3. The molecule has 2 aromatic heterocycles. The Bertz CT molecular complexity index is 530. The number of aromatic nitrogens is 2. The van der Waals surface area contributed by atoms with Crippen molar-refractivity contribution in [1.82, 2.24) is 19.6 Å². The molecule has 20 heavy (non-hydrogen) atoms. The van der Waals surface area contributed by atoms with E-state index in [9.17, 15) is 0 Å². The third-order valence-electron chi connectivity index (χ3n) is 2.95. The molecule has 0 atom stereocenters. The van der Waals surface area contributed by atoms with E-state index in [-0.39, 0.29) is 0 Å². The van der Waals surface area contributed by atoms with Crippen LogP contribution in [0.2, 0.25) is 0 Å². The summed E-state index contributed by atoms with van der Waals surface area (Å²) >= 11 is 3.56. The third kappa shape index (κ3) is 4.22. The van der Waals surface area contributed by atoms with Gasteiger partial charge in [-0.1, -0.05) is 13.8 Å². The second-order valence-electron chi connectivity index (χ2n) is 5.60. The first-order valence-corrected chi connectivity index (χ1v) is 8.87. The lowest BCUT2D eigenvalue weighted by Gasteiger charge is -2.10. The monoisotopic (exact) mass is 312 g/mol. The fourth-order valence-corrected chi connectivity index (χ4v) is 3.82. The van der Waals surface area contributed by atoms with Gasteiger partial charge in [-0.15, -0.1) is 23.1 Å². The first kappa shape index (κ1) is 15.8. The highest BCUT2D eigenvalue weighted by atomic mass is 32.2. The van der Waals surface area contributed by atoms with Crippen LogP contribution in [-0.2, 0) is 6.54 Å². The van der Waals surface area contributed by atoms with Crippen LogP contribution in [0.5, 0.6) is 0 Å². The molecule has 4 nitrogen and oxygen atoms in total. The number of hydrogen-bond acceptors (Lipinski definition) is 5. The molecular weight excluding hydrogens is 288 g/mol. The number of rotatable bonds is 8. The fraction of sp³-hybridized carbons (Fsp3) is 0.643. The number of nitrogens with one attached hydrogen (secondary N) is 1. The third-order valence-corrected chi connectivity index (χ3v) is 4.69. The van der Waals surface area contributed by atoms with E-state index in [0.29, 0.717) is 5.92 Å². The van der Waals surface area contributed by atoms with Crippen molar-refractivity contribution in [1.29, 1.82) is 0 Å². The summed E-state index contributed by atoms with van der Waals surface area (Å²) in [5, 5.41) is 6.80. The van der Waals surface area contributed by atoms with Crippen LogP contribution in [0.25, 0.3) is 4.96 Å². The van der Waals surface area contributed by atoms with E-state index in [1.807, 2.05) is 11.8 Å². The van der Waals surface area contributed by atoms with Gasteiger partial charge in [-0.3, -0.25) is 4.40 Å². The smallest absolute Gasteiger partial charge is 0.194 e. The van der Waals surface area contributed by atoms with Gasteiger partial charge in [-0.05, 0) is 26.6 Å². The highest BCUT2D eigenvalue weighted by Crippen LogP contribution is 2.25. The Morgan fingerprint density at radius 1 is 1.45 bits per heavy atom. The molecule has 6 heteroatoms. The van der Waals surface area contributed by atoms with Gasteiger partial charge in [0.15, 0.2) is 4.96 Å². The van der Waals surface area contributed by atoms with E-state index in [0.717, 1.165) is 30.3 Å². The van der Waals surface area contributed by atoms with Gasteiger partial charge in [-0.2, -0.15) is 0 Å². The quantitative estimate of drug-likeness (QED) is 0.760. The standard InChI is InChI=1S/C14H24N4S2/c1-11(2)9-15-10-12-13(19-7-5-17(3)4)16-14-18(12)6-8-20-14/h6,8,11,15H,5,7,9-10H2,1-4H3. The topological polar surface area (TPSA) is 32.6 Å². The largest absolute Gasteiger partial charge is 0.311 e. The van der Waals surface area contributed by atoms with Gasteiger partial charge < -0.3 is 10.2 Å². The zero-order chi connectivity index (χ0) is 14.5. The first-order chi connectivity index (χ1) is 9.58. The lowest BCUT2D eigenvalue weighted by molar-refractivity contribution is 0.437. The average Bonchev–Trinajstić information content (AvgIpc) is 2.91. The SMILES string of the molecule is CC(C)CNCc1c(SCCN(C)C)nc2sccn12. The summed E-state index contributed by atoms with van der Waals surface area (Å²) in [7, 11) is 4.22. The summed E-state index contributed by atoms with van der Waals surface area (Å²) in [4.78, 5) is 8.06. The molecular formula is C14H24N4S2. The Morgan fingerprint density at radius 3 is 2.95 bits per heavy atom. The molecule has 0 aliphatic heterocycles. The van der Waals surface area contributed by atoms with Crippen LogP contribution in [0.1, 0.15) is 19.5 Å². The maximum absolute atomic E-state index is 4.75. The Hall–Kier alpha value is -0.560. The lowest BCUT2D eigenvalue weighted by atomic mass is 10.2. The summed E-state index contributed by atoms with van der Waals surface area (Å²) in [6.45, 7) is 7.47. The van der Waals surface area contributed by atoms with E-state index in [2.05, 4.69) is 54.1 Å². The van der Waals surface area contributed by atoms with Crippen LogP contribution in [0, 0.1) is 5.92 Å². The van der Waals surface area contributed by atoms with Crippen molar-refractivity contribution >= 4 is 28.1 Å². The molecule has 0 unspecified atom stereocenters. The first-order valence-electron chi connectivity index (χ1n) is 7.00. The second kappa shape index (κ2) is 7.45. The Balaban J connectivity index is 2.05. The van der Waals surface area contributed by atoms with Gasteiger partial charge in [-0.25, -0.2) is 4.98 Å². The number of fused-ring (bicyclic) bond motifs is 1. The zero-order valence-corrected chi connectivity index (χ0v) is 14.4. The summed E-state index contributed by atoms with van der Waals surface area (Å²) in [6, 6.07) is 0. The second-order valence-corrected chi connectivity index (χ2v) is 7.55. The molecule has 0 saturated carbocycles. The Kier molecular flexibility index (Phi) is 5.89. The van der Waals surface area contributed by atoms with Crippen molar-refractivity contribution < 1.29 is 0 Å². The van der Waals surface area contributed by atoms with Gasteiger partial charge in [0.2, 0.25) is 0 Å². The van der Waals surface area contributed by atoms with Crippen LogP contribution in [-0.4, -0.2) is 47.2 Å². The van der Waals surface area contributed by atoms with Gasteiger partial charge in [0.25, 0.3) is 0 Å². The number of imidazole rings is 1. The molecule has 0 aromatic carbocycles. The van der Waals surface area contributed by atoms with Crippen molar-refractivity contribution in [3.8, 4) is 0 Å². The van der Waals surface area contributed by atoms with Crippen molar-refractivity contribution in [2.45, 2.75) is 25.4 Å². The summed E-state index contributed by atoms with van der Waals surface area (Å²) in [5.41, 5.74) is 1.30. The predicted molar refractivity (Wildman–Crippen MR) is 88.9 cm³/mol. The van der Waals surface area contributed by atoms with E-state index < -0.39 is 0 Å². The molecule has 2 aromatic rings. The van der Waals surface area contributed by atoms with Crippen LogP contribution < -0.4 is 5.32 Å².